The minimum atomic E-state index is -0.702. The average Bonchev–Trinajstić information content (AvgIpc) is 3.15. The van der Waals surface area contributed by atoms with Crippen LogP contribution < -0.4 is 11.5 Å². The second-order valence-corrected chi connectivity index (χ2v) is 8.28. The van der Waals surface area contributed by atoms with Crippen molar-refractivity contribution in [2.24, 2.45) is 17.4 Å². The molecule has 4 atom stereocenters. The highest BCUT2D eigenvalue weighted by Crippen LogP contribution is 2.49. The molecule has 2 saturated heterocycles. The Kier molecular flexibility index (Phi) is 4.83. The number of nitrogens with zero attached hydrogens (tertiary/aromatic N) is 2. The fourth-order valence-electron chi connectivity index (χ4n) is 4.48. The van der Waals surface area contributed by atoms with E-state index in [1.807, 2.05) is 0 Å². The summed E-state index contributed by atoms with van der Waals surface area (Å²) in [6.07, 6.45) is 2.77. The van der Waals surface area contributed by atoms with E-state index in [9.17, 15) is 10.5 Å². The number of thioether (sulfide) groups is 1. The van der Waals surface area contributed by atoms with E-state index in [0.717, 1.165) is 37.4 Å². The monoisotopic (exact) mass is 390 g/mol. The summed E-state index contributed by atoms with van der Waals surface area (Å²) in [7, 11) is 1.56. The Morgan fingerprint density at radius 3 is 2.22 bits per heavy atom. The lowest BCUT2D eigenvalue weighted by molar-refractivity contribution is -0.249. The Hall–Kier alpha value is -1.75. The van der Waals surface area contributed by atoms with Crippen LogP contribution in [0.25, 0.3) is 0 Å². The molecule has 9 heteroatoms. The molecule has 144 valence electrons. The van der Waals surface area contributed by atoms with Crippen LogP contribution in [0.5, 0.6) is 0 Å². The minimum absolute atomic E-state index is 0.269. The first kappa shape index (κ1) is 18.6. The van der Waals surface area contributed by atoms with Crippen molar-refractivity contribution in [2.75, 3.05) is 7.11 Å². The van der Waals surface area contributed by atoms with Gasteiger partial charge < -0.3 is 30.4 Å². The van der Waals surface area contributed by atoms with Gasteiger partial charge >= 0.3 is 0 Å². The molecular formula is C18H22N4O4S. The van der Waals surface area contributed by atoms with Crippen molar-refractivity contribution in [3.05, 3.63) is 21.2 Å². The smallest absolute Gasteiger partial charge is 0.190 e. The highest BCUT2D eigenvalue weighted by Gasteiger charge is 2.60. The lowest BCUT2D eigenvalue weighted by atomic mass is 9.84. The van der Waals surface area contributed by atoms with E-state index < -0.39 is 36.3 Å². The van der Waals surface area contributed by atoms with Crippen molar-refractivity contribution >= 4 is 11.8 Å². The zero-order valence-corrected chi connectivity index (χ0v) is 15.8. The number of ether oxygens (including phenoxy) is 4. The zero-order valence-electron chi connectivity index (χ0n) is 15.0. The molecular weight excluding hydrogens is 368 g/mol. The van der Waals surface area contributed by atoms with Crippen LogP contribution >= 0.6 is 11.8 Å². The molecule has 0 bridgehead atoms. The van der Waals surface area contributed by atoms with E-state index >= 15 is 0 Å². The van der Waals surface area contributed by atoms with Crippen molar-refractivity contribution in [1.82, 2.24) is 0 Å². The van der Waals surface area contributed by atoms with Crippen LogP contribution in [0.2, 0.25) is 0 Å². The van der Waals surface area contributed by atoms with Crippen molar-refractivity contribution in [3.63, 3.8) is 0 Å². The number of nitriles is 2. The van der Waals surface area contributed by atoms with Gasteiger partial charge in [0.1, 0.15) is 18.3 Å². The lowest BCUT2D eigenvalue weighted by Crippen LogP contribution is -2.43. The molecule has 4 N–H and O–H groups in total. The van der Waals surface area contributed by atoms with E-state index in [1.165, 1.54) is 6.42 Å². The van der Waals surface area contributed by atoms with Crippen LogP contribution in [-0.2, 0) is 18.9 Å². The molecule has 0 aromatic rings. The molecule has 27 heavy (non-hydrogen) atoms. The number of hydrogen-bond donors (Lipinski definition) is 2. The first-order valence-electron chi connectivity index (χ1n) is 9.05. The normalized spacial score (nSPS) is 36.0. The summed E-state index contributed by atoms with van der Waals surface area (Å²) in [5.41, 5.74) is 12.6. The van der Waals surface area contributed by atoms with Crippen molar-refractivity contribution in [2.45, 2.75) is 62.5 Å². The Bertz CT molecular complexity index is 741. The Labute approximate surface area is 162 Å². The molecule has 0 radical (unpaired) electrons. The van der Waals surface area contributed by atoms with Gasteiger partial charge in [0.2, 0.25) is 0 Å². The van der Waals surface area contributed by atoms with Gasteiger partial charge in [0.25, 0.3) is 0 Å². The van der Waals surface area contributed by atoms with Gasteiger partial charge in [0.15, 0.2) is 12.1 Å². The van der Waals surface area contributed by atoms with E-state index in [4.69, 9.17) is 30.4 Å². The fraction of sp³-hybridized carbons (Fsp3) is 0.667. The van der Waals surface area contributed by atoms with Crippen LogP contribution in [-0.4, -0.2) is 37.5 Å². The Balaban J connectivity index is 1.64. The second-order valence-electron chi connectivity index (χ2n) is 7.20. The first-order chi connectivity index (χ1) is 13.0. The summed E-state index contributed by atoms with van der Waals surface area (Å²) in [4.78, 5) is 0. The molecule has 0 amide bonds. The number of rotatable bonds is 2. The fourth-order valence-corrected chi connectivity index (χ4v) is 5.28. The molecule has 0 unspecified atom stereocenters. The maximum atomic E-state index is 9.62. The van der Waals surface area contributed by atoms with Crippen LogP contribution in [0.4, 0.5) is 0 Å². The van der Waals surface area contributed by atoms with Gasteiger partial charge in [0.05, 0.1) is 39.3 Å². The van der Waals surface area contributed by atoms with Crippen LogP contribution in [0, 0.1) is 28.6 Å². The first-order valence-corrected chi connectivity index (χ1v) is 9.86. The van der Waals surface area contributed by atoms with Gasteiger partial charge in [0, 0.05) is 20.0 Å². The van der Waals surface area contributed by atoms with Crippen LogP contribution in [0.15, 0.2) is 21.2 Å². The largest absolute Gasteiger partial charge is 0.392 e. The molecule has 1 aliphatic carbocycles. The van der Waals surface area contributed by atoms with E-state index in [-0.39, 0.29) is 21.2 Å². The number of nitrogens with two attached hydrogens (primary N) is 2. The highest BCUT2D eigenvalue weighted by molar-refractivity contribution is 8.06. The van der Waals surface area contributed by atoms with Gasteiger partial charge in [-0.25, -0.2) is 0 Å². The molecule has 4 aliphatic rings. The third-order valence-electron chi connectivity index (χ3n) is 5.72. The van der Waals surface area contributed by atoms with Gasteiger partial charge in [-0.1, -0.05) is 18.2 Å². The van der Waals surface area contributed by atoms with Gasteiger partial charge in [-0.2, -0.15) is 10.5 Å². The van der Waals surface area contributed by atoms with Crippen molar-refractivity contribution in [3.8, 4) is 12.1 Å². The van der Waals surface area contributed by atoms with Crippen LogP contribution in [0.1, 0.15) is 32.1 Å². The molecule has 8 nitrogen and oxygen atoms in total. The topological polar surface area (TPSA) is 137 Å². The number of fused-ring (bicyclic) bond motifs is 1. The number of hydrogen-bond acceptors (Lipinski definition) is 9. The predicted molar refractivity (Wildman–Crippen MR) is 96.0 cm³/mol. The molecule has 1 spiro atoms. The molecule has 3 heterocycles. The molecule has 0 aromatic carbocycles. The van der Waals surface area contributed by atoms with Crippen molar-refractivity contribution in [1.29, 1.82) is 10.5 Å². The maximum Gasteiger partial charge on any atom is 0.190 e. The Morgan fingerprint density at radius 1 is 1.04 bits per heavy atom. The second kappa shape index (κ2) is 7.01. The van der Waals surface area contributed by atoms with Gasteiger partial charge in [-0.05, 0) is 12.8 Å². The quantitative estimate of drug-likeness (QED) is 0.719. The van der Waals surface area contributed by atoms with Gasteiger partial charge in [-0.3, -0.25) is 0 Å². The Morgan fingerprint density at radius 2 is 1.67 bits per heavy atom. The molecule has 3 aliphatic heterocycles. The molecule has 4 rings (SSSR count). The molecule has 3 fully saturated rings. The third-order valence-corrected chi connectivity index (χ3v) is 6.60. The molecule has 0 aromatic heterocycles. The average molecular weight is 390 g/mol. The molecule has 1 saturated carbocycles. The van der Waals surface area contributed by atoms with E-state index in [0.29, 0.717) is 0 Å². The van der Waals surface area contributed by atoms with E-state index in [1.54, 1.807) is 7.11 Å². The summed E-state index contributed by atoms with van der Waals surface area (Å²) in [6, 6.07) is 4.22. The third kappa shape index (κ3) is 2.91. The summed E-state index contributed by atoms with van der Waals surface area (Å²) in [5, 5.41) is 19.8. The standard InChI is InChI=1S/C18H22N4O4S/c1-23-13-12(11-9(7-19)15(21)27-16(22)10(11)8-20)24-17-14(13)25-18(26-17)5-3-2-4-6-18/h11-14,17H,2-6,21-22H2,1H3/t12-,13+,14-,17+/m1/s1. The maximum absolute atomic E-state index is 9.62. The van der Waals surface area contributed by atoms with Gasteiger partial charge in [-0.15, -0.1) is 0 Å². The summed E-state index contributed by atoms with van der Waals surface area (Å²) < 4.78 is 24.3. The highest BCUT2D eigenvalue weighted by atomic mass is 32.2. The summed E-state index contributed by atoms with van der Waals surface area (Å²) >= 11 is 1.03. The SMILES string of the molecule is CO[C@@H]1[C@H]2OC3(CCCCC3)O[C@@H]2O[C@@H]1C1C(C#N)=C(N)SC(N)=C1C#N. The summed E-state index contributed by atoms with van der Waals surface area (Å²) in [5.74, 6) is -1.32. The zero-order chi connectivity index (χ0) is 19.2. The van der Waals surface area contributed by atoms with Crippen LogP contribution in [0.3, 0.4) is 0 Å². The number of methoxy groups -OCH3 is 1. The van der Waals surface area contributed by atoms with Crippen molar-refractivity contribution < 1.29 is 18.9 Å². The minimum Gasteiger partial charge on any atom is -0.392 e. The summed E-state index contributed by atoms with van der Waals surface area (Å²) in [6.45, 7) is 0. The van der Waals surface area contributed by atoms with E-state index in [2.05, 4.69) is 12.1 Å². The predicted octanol–water partition coefficient (Wildman–Crippen LogP) is 1.55. The lowest BCUT2D eigenvalue weighted by Gasteiger charge is -2.36.